The molecule has 0 aliphatic heterocycles. The van der Waals surface area contributed by atoms with Crippen LogP contribution < -0.4 is 14.8 Å². The highest BCUT2D eigenvalue weighted by molar-refractivity contribution is 7.99. The number of benzene rings is 1. The highest BCUT2D eigenvalue weighted by Crippen LogP contribution is 2.23. The molecule has 0 bridgehead atoms. The summed E-state index contributed by atoms with van der Waals surface area (Å²) in [5.41, 5.74) is 0.938. The molecule has 128 valence electrons. The molecule has 0 saturated carbocycles. The number of carbonyl (C=O) groups is 1. The summed E-state index contributed by atoms with van der Waals surface area (Å²) in [4.78, 5) is 16.0. The number of amides is 1. The van der Waals surface area contributed by atoms with Gasteiger partial charge >= 0.3 is 0 Å². The third kappa shape index (κ3) is 5.45. The van der Waals surface area contributed by atoms with Gasteiger partial charge < -0.3 is 14.8 Å². The average molecular weight is 346 g/mol. The lowest BCUT2D eigenvalue weighted by Crippen LogP contribution is -2.30. The van der Waals surface area contributed by atoms with Crippen LogP contribution in [0.5, 0.6) is 17.4 Å². The summed E-state index contributed by atoms with van der Waals surface area (Å²) in [6.07, 6.45) is 3.59. The molecule has 1 aromatic carbocycles. The first-order valence-corrected chi connectivity index (χ1v) is 9.07. The smallest absolute Gasteiger partial charge is 0.233 e. The third-order valence-electron chi connectivity index (χ3n) is 3.35. The van der Waals surface area contributed by atoms with Crippen molar-refractivity contribution in [2.45, 2.75) is 25.6 Å². The second kappa shape index (κ2) is 9.17. The minimum atomic E-state index is -0.0635. The number of hydrogen-bond donors (Lipinski definition) is 1. The van der Waals surface area contributed by atoms with Gasteiger partial charge in [-0.2, -0.15) is 11.8 Å². The molecule has 0 saturated heterocycles. The Kier molecular flexibility index (Phi) is 6.93. The summed E-state index contributed by atoms with van der Waals surface area (Å²) in [6.45, 7) is 4.90. The van der Waals surface area contributed by atoms with Crippen LogP contribution in [0.1, 0.15) is 19.4 Å². The number of ether oxygens (including phenoxy) is 2. The van der Waals surface area contributed by atoms with Crippen molar-refractivity contribution in [1.82, 2.24) is 10.3 Å². The van der Waals surface area contributed by atoms with Crippen LogP contribution in [0.15, 0.2) is 42.6 Å². The van der Waals surface area contributed by atoms with E-state index in [4.69, 9.17) is 9.47 Å². The molecule has 0 aliphatic rings. The van der Waals surface area contributed by atoms with E-state index >= 15 is 0 Å². The normalized spacial score (nSPS) is 11.6. The molecule has 0 unspecified atom stereocenters. The molecular weight excluding hydrogens is 324 g/mol. The molecule has 2 rings (SSSR count). The number of hydrogen-bond acceptors (Lipinski definition) is 5. The lowest BCUT2D eigenvalue weighted by atomic mass is 10.2. The van der Waals surface area contributed by atoms with E-state index in [1.165, 1.54) is 11.8 Å². The van der Waals surface area contributed by atoms with E-state index in [1.807, 2.05) is 56.5 Å². The Bertz CT molecular complexity index is 662. The van der Waals surface area contributed by atoms with Gasteiger partial charge in [0.2, 0.25) is 11.8 Å². The SMILES string of the molecule is CCOc1ccc(Oc2cc(CNC(=O)[C@H](C)SC)ccn2)cc1. The van der Waals surface area contributed by atoms with Crippen LogP contribution in [0.3, 0.4) is 0 Å². The molecule has 24 heavy (non-hydrogen) atoms. The van der Waals surface area contributed by atoms with Gasteiger partial charge in [-0.15, -0.1) is 0 Å². The van der Waals surface area contributed by atoms with E-state index in [0.29, 0.717) is 24.8 Å². The lowest BCUT2D eigenvalue weighted by Gasteiger charge is -2.11. The second-order valence-corrected chi connectivity index (χ2v) is 6.28. The van der Waals surface area contributed by atoms with Crippen LogP contribution in [0.2, 0.25) is 0 Å². The van der Waals surface area contributed by atoms with E-state index in [-0.39, 0.29) is 11.2 Å². The van der Waals surface area contributed by atoms with Gasteiger partial charge in [-0.05, 0) is 56.0 Å². The summed E-state index contributed by atoms with van der Waals surface area (Å²) >= 11 is 1.52. The van der Waals surface area contributed by atoms with Gasteiger partial charge in [-0.25, -0.2) is 4.98 Å². The third-order valence-corrected chi connectivity index (χ3v) is 4.27. The highest BCUT2D eigenvalue weighted by atomic mass is 32.2. The van der Waals surface area contributed by atoms with Gasteiger partial charge in [0, 0.05) is 18.8 Å². The zero-order valence-electron chi connectivity index (χ0n) is 14.1. The van der Waals surface area contributed by atoms with Gasteiger partial charge in [0.15, 0.2) is 0 Å². The van der Waals surface area contributed by atoms with Crippen molar-refractivity contribution in [3.63, 3.8) is 0 Å². The van der Waals surface area contributed by atoms with Crippen LogP contribution >= 0.6 is 11.8 Å². The Labute approximate surface area is 146 Å². The van der Waals surface area contributed by atoms with Gasteiger partial charge in [0.05, 0.1) is 11.9 Å². The first kappa shape index (κ1) is 18.1. The number of pyridine rings is 1. The quantitative estimate of drug-likeness (QED) is 0.791. The largest absolute Gasteiger partial charge is 0.494 e. The molecule has 1 atom stereocenters. The van der Waals surface area contributed by atoms with Gasteiger partial charge in [0.1, 0.15) is 11.5 Å². The molecule has 2 aromatic rings. The fourth-order valence-corrected chi connectivity index (χ4v) is 2.24. The van der Waals surface area contributed by atoms with Crippen LogP contribution in [-0.4, -0.2) is 29.0 Å². The Morgan fingerprint density at radius 3 is 2.62 bits per heavy atom. The lowest BCUT2D eigenvalue weighted by molar-refractivity contribution is -0.120. The standard InChI is InChI=1S/C18H22N2O3S/c1-4-22-15-5-7-16(8-6-15)23-17-11-14(9-10-19-17)12-20-18(21)13(2)24-3/h5-11,13H,4,12H2,1-3H3,(H,20,21)/t13-/m0/s1. The van der Waals surface area contributed by atoms with Crippen LogP contribution in [0.25, 0.3) is 0 Å². The Morgan fingerprint density at radius 2 is 1.96 bits per heavy atom. The highest BCUT2D eigenvalue weighted by Gasteiger charge is 2.10. The summed E-state index contributed by atoms with van der Waals surface area (Å²) < 4.78 is 11.1. The average Bonchev–Trinajstić information content (AvgIpc) is 2.61. The Balaban J connectivity index is 1.95. The summed E-state index contributed by atoms with van der Waals surface area (Å²) in [7, 11) is 0. The second-order valence-electron chi connectivity index (χ2n) is 5.10. The zero-order chi connectivity index (χ0) is 17.4. The molecule has 1 amide bonds. The van der Waals surface area contributed by atoms with Crippen molar-refractivity contribution in [2.75, 3.05) is 12.9 Å². The van der Waals surface area contributed by atoms with Crippen LogP contribution in [-0.2, 0) is 11.3 Å². The van der Waals surface area contributed by atoms with Crippen molar-refractivity contribution in [3.05, 3.63) is 48.2 Å². The van der Waals surface area contributed by atoms with Crippen LogP contribution in [0.4, 0.5) is 0 Å². The molecule has 1 heterocycles. The van der Waals surface area contributed by atoms with Gasteiger partial charge in [0.25, 0.3) is 0 Å². The van der Waals surface area contributed by atoms with E-state index < -0.39 is 0 Å². The summed E-state index contributed by atoms with van der Waals surface area (Å²) in [5.74, 6) is 2.00. The van der Waals surface area contributed by atoms with Crippen molar-refractivity contribution < 1.29 is 14.3 Å². The molecule has 1 N–H and O–H groups in total. The number of rotatable bonds is 8. The first-order chi connectivity index (χ1) is 11.6. The number of carbonyl (C=O) groups excluding carboxylic acids is 1. The number of aromatic nitrogens is 1. The van der Waals surface area contributed by atoms with Crippen LogP contribution in [0, 0.1) is 0 Å². The fourth-order valence-electron chi connectivity index (χ4n) is 1.95. The molecule has 1 aromatic heterocycles. The Hall–Kier alpha value is -2.21. The van der Waals surface area contributed by atoms with E-state index in [9.17, 15) is 4.79 Å². The molecule has 0 aliphatic carbocycles. The molecule has 0 fully saturated rings. The topological polar surface area (TPSA) is 60.5 Å². The number of nitrogens with zero attached hydrogens (tertiary/aromatic N) is 1. The summed E-state index contributed by atoms with van der Waals surface area (Å²) in [5, 5.41) is 2.84. The maximum Gasteiger partial charge on any atom is 0.233 e. The monoisotopic (exact) mass is 346 g/mol. The minimum absolute atomic E-state index is 0.0216. The maximum atomic E-state index is 11.8. The van der Waals surface area contributed by atoms with E-state index in [2.05, 4.69) is 10.3 Å². The minimum Gasteiger partial charge on any atom is -0.494 e. The predicted octanol–water partition coefficient (Wildman–Crippen LogP) is 3.64. The van der Waals surface area contributed by atoms with Crippen molar-refractivity contribution >= 4 is 17.7 Å². The van der Waals surface area contributed by atoms with Crippen molar-refractivity contribution in [1.29, 1.82) is 0 Å². The van der Waals surface area contributed by atoms with Gasteiger partial charge in [-0.1, -0.05) is 0 Å². The summed E-state index contributed by atoms with van der Waals surface area (Å²) in [6, 6.07) is 11.1. The molecule has 0 radical (unpaired) electrons. The fraction of sp³-hybridized carbons (Fsp3) is 0.333. The van der Waals surface area contributed by atoms with Crippen molar-refractivity contribution in [3.8, 4) is 17.4 Å². The number of thioether (sulfide) groups is 1. The molecular formula is C18H22N2O3S. The van der Waals surface area contributed by atoms with Gasteiger partial charge in [-0.3, -0.25) is 4.79 Å². The first-order valence-electron chi connectivity index (χ1n) is 7.78. The van der Waals surface area contributed by atoms with E-state index in [1.54, 1.807) is 6.20 Å². The molecule has 0 spiro atoms. The molecule has 5 nitrogen and oxygen atoms in total. The van der Waals surface area contributed by atoms with Crippen molar-refractivity contribution in [2.24, 2.45) is 0 Å². The maximum absolute atomic E-state index is 11.8. The zero-order valence-corrected chi connectivity index (χ0v) is 14.9. The molecule has 6 heteroatoms. The number of nitrogens with one attached hydrogen (secondary N) is 1. The predicted molar refractivity (Wildman–Crippen MR) is 96.7 cm³/mol. The van der Waals surface area contributed by atoms with E-state index in [0.717, 1.165) is 11.3 Å². The Morgan fingerprint density at radius 1 is 1.25 bits per heavy atom.